The van der Waals surface area contributed by atoms with E-state index in [1.54, 1.807) is 18.2 Å². The molecule has 0 radical (unpaired) electrons. The van der Waals surface area contributed by atoms with Crippen LogP contribution in [0, 0.1) is 5.82 Å². The Morgan fingerprint density at radius 1 is 0.923 bits per heavy atom. The number of hydrogen-bond donors (Lipinski definition) is 2. The quantitative estimate of drug-likeness (QED) is 0.837. The second-order valence-electron chi connectivity index (χ2n) is 6.46. The fourth-order valence-corrected chi connectivity index (χ4v) is 3.07. The van der Waals surface area contributed by atoms with E-state index in [-0.39, 0.29) is 11.7 Å². The highest BCUT2D eigenvalue weighted by Gasteiger charge is 2.16. The molecule has 0 bridgehead atoms. The zero-order valence-electron chi connectivity index (χ0n) is 14.8. The highest BCUT2D eigenvalue weighted by atomic mass is 19.1. The van der Waals surface area contributed by atoms with Crippen molar-refractivity contribution in [3.63, 3.8) is 0 Å². The predicted octanol–water partition coefficient (Wildman–Crippen LogP) is 2.76. The van der Waals surface area contributed by atoms with Crippen molar-refractivity contribution >= 4 is 11.7 Å². The Hall–Kier alpha value is -2.44. The molecule has 0 aliphatic carbocycles. The number of nitrogens with one attached hydrogen (secondary N) is 2. The van der Waals surface area contributed by atoms with Crippen LogP contribution >= 0.6 is 0 Å². The van der Waals surface area contributed by atoms with Gasteiger partial charge in [0.2, 0.25) is 0 Å². The van der Waals surface area contributed by atoms with Crippen molar-refractivity contribution in [1.82, 2.24) is 15.1 Å². The van der Waals surface area contributed by atoms with E-state index in [0.717, 1.165) is 39.3 Å². The molecule has 0 unspecified atom stereocenters. The van der Waals surface area contributed by atoms with E-state index in [0.29, 0.717) is 6.54 Å². The number of amides is 2. The molecule has 6 heteroatoms. The molecule has 1 aliphatic rings. The lowest BCUT2D eigenvalue weighted by molar-refractivity contribution is 0.128. The highest BCUT2D eigenvalue weighted by molar-refractivity contribution is 5.89. The van der Waals surface area contributed by atoms with Crippen molar-refractivity contribution in [1.29, 1.82) is 0 Å². The summed E-state index contributed by atoms with van der Waals surface area (Å²) in [5.74, 6) is -0.433. The second kappa shape index (κ2) is 9.31. The first kappa shape index (κ1) is 18.4. The summed E-state index contributed by atoms with van der Waals surface area (Å²) >= 11 is 0. The molecule has 0 saturated carbocycles. The number of para-hydroxylation sites is 1. The van der Waals surface area contributed by atoms with Crippen molar-refractivity contribution in [3.8, 4) is 0 Å². The van der Waals surface area contributed by atoms with E-state index >= 15 is 0 Å². The SMILES string of the molecule is O=C(NCCN1CCN(Cc2ccccc2)CC1)Nc1ccccc1F. The fraction of sp³-hybridized carbons (Fsp3) is 0.350. The van der Waals surface area contributed by atoms with Crippen LogP contribution in [0.3, 0.4) is 0 Å². The van der Waals surface area contributed by atoms with Gasteiger partial charge in [-0.2, -0.15) is 0 Å². The molecule has 2 aromatic carbocycles. The number of halogens is 1. The standard InChI is InChI=1S/C20H25FN4O/c21-18-8-4-5-9-19(18)23-20(26)22-10-11-24-12-14-25(15-13-24)16-17-6-2-1-3-7-17/h1-9H,10-16H2,(H2,22,23,26). The molecule has 1 aliphatic heterocycles. The number of benzene rings is 2. The minimum atomic E-state index is -0.433. The highest BCUT2D eigenvalue weighted by Crippen LogP contribution is 2.12. The molecule has 1 heterocycles. The fourth-order valence-electron chi connectivity index (χ4n) is 3.07. The van der Waals surface area contributed by atoms with Crippen LogP contribution < -0.4 is 10.6 Å². The first-order valence-electron chi connectivity index (χ1n) is 8.99. The Morgan fingerprint density at radius 3 is 2.31 bits per heavy atom. The molecule has 2 amide bonds. The maximum Gasteiger partial charge on any atom is 0.319 e. The molecule has 5 nitrogen and oxygen atoms in total. The number of carbonyl (C=O) groups excluding carboxylic acids is 1. The third kappa shape index (κ3) is 5.54. The molecule has 1 fully saturated rings. The summed E-state index contributed by atoms with van der Waals surface area (Å²) in [6, 6.07) is 16.3. The number of nitrogens with zero attached hydrogens (tertiary/aromatic N) is 2. The zero-order valence-corrected chi connectivity index (χ0v) is 14.8. The molecule has 0 atom stereocenters. The number of rotatable bonds is 6. The van der Waals surface area contributed by atoms with Gasteiger partial charge in [-0.25, -0.2) is 9.18 Å². The predicted molar refractivity (Wildman–Crippen MR) is 102 cm³/mol. The Morgan fingerprint density at radius 2 is 1.58 bits per heavy atom. The number of hydrogen-bond acceptors (Lipinski definition) is 3. The van der Waals surface area contributed by atoms with Crippen molar-refractivity contribution < 1.29 is 9.18 Å². The topological polar surface area (TPSA) is 47.6 Å². The van der Waals surface area contributed by atoms with Gasteiger partial charge in [0.25, 0.3) is 0 Å². The maximum absolute atomic E-state index is 13.5. The Kier molecular flexibility index (Phi) is 6.57. The molecule has 1 saturated heterocycles. The maximum atomic E-state index is 13.5. The lowest BCUT2D eigenvalue weighted by Gasteiger charge is -2.34. The van der Waals surface area contributed by atoms with Crippen LogP contribution in [0.15, 0.2) is 54.6 Å². The minimum Gasteiger partial charge on any atom is -0.337 e. The summed E-state index contributed by atoms with van der Waals surface area (Å²) < 4.78 is 13.5. The van der Waals surface area contributed by atoms with Crippen LogP contribution in [0.25, 0.3) is 0 Å². The van der Waals surface area contributed by atoms with Gasteiger partial charge in [0, 0.05) is 45.8 Å². The molecule has 0 spiro atoms. The largest absolute Gasteiger partial charge is 0.337 e. The summed E-state index contributed by atoms with van der Waals surface area (Å²) in [5.41, 5.74) is 1.53. The Bertz CT molecular complexity index is 702. The molecule has 26 heavy (non-hydrogen) atoms. The van der Waals surface area contributed by atoms with Gasteiger partial charge in [-0.05, 0) is 17.7 Å². The molecule has 138 valence electrons. The lowest BCUT2D eigenvalue weighted by atomic mass is 10.2. The van der Waals surface area contributed by atoms with Gasteiger partial charge in [0.05, 0.1) is 5.69 Å². The van der Waals surface area contributed by atoms with Gasteiger partial charge < -0.3 is 10.6 Å². The van der Waals surface area contributed by atoms with Gasteiger partial charge in [-0.3, -0.25) is 9.80 Å². The lowest BCUT2D eigenvalue weighted by Crippen LogP contribution is -2.48. The van der Waals surface area contributed by atoms with E-state index in [9.17, 15) is 9.18 Å². The average molecular weight is 356 g/mol. The van der Waals surface area contributed by atoms with Crippen molar-refractivity contribution in [2.45, 2.75) is 6.54 Å². The first-order chi connectivity index (χ1) is 12.7. The molecule has 2 N–H and O–H groups in total. The van der Waals surface area contributed by atoms with Crippen LogP contribution in [-0.2, 0) is 6.54 Å². The summed E-state index contributed by atoms with van der Waals surface area (Å²) in [5, 5.41) is 5.32. The van der Waals surface area contributed by atoms with Crippen LogP contribution in [0.5, 0.6) is 0 Å². The number of urea groups is 1. The molecule has 2 aromatic rings. The summed E-state index contributed by atoms with van der Waals surface area (Å²) in [7, 11) is 0. The van der Waals surface area contributed by atoms with Crippen LogP contribution in [0.1, 0.15) is 5.56 Å². The summed E-state index contributed by atoms with van der Waals surface area (Å²) in [4.78, 5) is 16.6. The normalized spacial score (nSPS) is 15.6. The second-order valence-corrected chi connectivity index (χ2v) is 6.46. The number of piperazine rings is 1. The van der Waals surface area contributed by atoms with Gasteiger partial charge in [0.1, 0.15) is 5.82 Å². The van der Waals surface area contributed by atoms with Crippen molar-refractivity contribution in [3.05, 3.63) is 66.0 Å². The van der Waals surface area contributed by atoms with E-state index < -0.39 is 5.82 Å². The van der Waals surface area contributed by atoms with E-state index in [4.69, 9.17) is 0 Å². The number of anilines is 1. The third-order valence-corrected chi connectivity index (χ3v) is 4.55. The molecule has 3 rings (SSSR count). The minimum absolute atomic E-state index is 0.194. The molecule has 0 aromatic heterocycles. The monoisotopic (exact) mass is 356 g/mol. The smallest absolute Gasteiger partial charge is 0.319 e. The summed E-state index contributed by atoms with van der Waals surface area (Å²) in [6.45, 7) is 6.35. The summed E-state index contributed by atoms with van der Waals surface area (Å²) in [6.07, 6.45) is 0. The van der Waals surface area contributed by atoms with Crippen molar-refractivity contribution in [2.24, 2.45) is 0 Å². The zero-order chi connectivity index (χ0) is 18.2. The first-order valence-corrected chi connectivity index (χ1v) is 8.99. The number of carbonyl (C=O) groups is 1. The van der Waals surface area contributed by atoms with Crippen molar-refractivity contribution in [2.75, 3.05) is 44.6 Å². The average Bonchev–Trinajstić information content (AvgIpc) is 2.66. The third-order valence-electron chi connectivity index (χ3n) is 4.55. The van der Waals surface area contributed by atoms with Gasteiger partial charge in [0.15, 0.2) is 0 Å². The van der Waals surface area contributed by atoms with E-state index in [2.05, 4.69) is 44.7 Å². The molecular formula is C20H25FN4O. The van der Waals surface area contributed by atoms with Gasteiger partial charge in [-0.15, -0.1) is 0 Å². The Labute approximate surface area is 153 Å². The van der Waals surface area contributed by atoms with Crippen LogP contribution in [0.2, 0.25) is 0 Å². The van der Waals surface area contributed by atoms with E-state index in [1.165, 1.54) is 11.6 Å². The van der Waals surface area contributed by atoms with Gasteiger partial charge in [-0.1, -0.05) is 42.5 Å². The van der Waals surface area contributed by atoms with E-state index in [1.807, 2.05) is 6.07 Å². The molecular weight excluding hydrogens is 331 g/mol. The van der Waals surface area contributed by atoms with Crippen LogP contribution in [0.4, 0.5) is 14.9 Å². The van der Waals surface area contributed by atoms with Gasteiger partial charge >= 0.3 is 6.03 Å². The Balaban J connectivity index is 1.32. The van der Waals surface area contributed by atoms with Crippen LogP contribution in [-0.4, -0.2) is 55.1 Å².